The average molecular weight is 419 g/mol. The molecule has 0 heterocycles. The summed E-state index contributed by atoms with van der Waals surface area (Å²) in [4.78, 5) is 14.2. The summed E-state index contributed by atoms with van der Waals surface area (Å²) in [6.07, 6.45) is 6.37. The van der Waals surface area contributed by atoms with Crippen LogP contribution in [-0.4, -0.2) is 37.8 Å². The molecule has 0 saturated heterocycles. The van der Waals surface area contributed by atoms with Crippen molar-refractivity contribution in [1.82, 2.24) is 4.90 Å². The summed E-state index contributed by atoms with van der Waals surface area (Å²) in [5.41, 5.74) is 1.76. The minimum Gasteiger partial charge on any atom is -0.382 e. The quantitative estimate of drug-likeness (QED) is 0.288. The first kappa shape index (κ1) is 31.3. The van der Waals surface area contributed by atoms with Crippen molar-refractivity contribution >= 4 is 30.5 Å². The molecule has 0 bridgehead atoms. The normalized spacial score (nSPS) is 10.2. The van der Waals surface area contributed by atoms with E-state index >= 15 is 0 Å². The van der Waals surface area contributed by atoms with Crippen LogP contribution in [0.15, 0.2) is 4.79 Å². The standard InChI is InChI=1S/C16H28N2OS.C3H8.C2H6.CH4S/c1-6-10-18(5)11-8-7-9-17-13-12(16(2,3)4)15(20)14(13)19;1-3-2;2*1-2/h17H,6-11H2,1-5H3;3H2,1-2H3;1-2H3;2H,1H3. The lowest BCUT2D eigenvalue weighted by atomic mass is 9.83. The maximum atomic E-state index is 11.8. The first-order valence-electron chi connectivity index (χ1n) is 10.4. The molecule has 3 nitrogen and oxygen atoms in total. The van der Waals surface area contributed by atoms with Gasteiger partial charge in [0.15, 0.2) is 0 Å². The van der Waals surface area contributed by atoms with E-state index in [-0.39, 0.29) is 10.8 Å². The van der Waals surface area contributed by atoms with Crippen molar-refractivity contribution in [2.45, 2.75) is 86.5 Å². The molecule has 0 aliphatic rings. The Morgan fingerprint density at radius 1 is 1.04 bits per heavy atom. The molecule has 0 aliphatic carbocycles. The van der Waals surface area contributed by atoms with Crippen molar-refractivity contribution in [3.63, 3.8) is 0 Å². The Morgan fingerprint density at radius 3 is 1.93 bits per heavy atom. The topological polar surface area (TPSA) is 32.3 Å². The summed E-state index contributed by atoms with van der Waals surface area (Å²) < 4.78 is 0.516. The summed E-state index contributed by atoms with van der Waals surface area (Å²) >= 11 is 8.69. The molecule has 1 rings (SSSR count). The molecule has 0 unspecified atom stereocenters. The van der Waals surface area contributed by atoms with Gasteiger partial charge in [-0.05, 0) is 51.1 Å². The van der Waals surface area contributed by atoms with Gasteiger partial charge in [-0.3, -0.25) is 4.79 Å². The third-order valence-electron chi connectivity index (χ3n) is 3.53. The van der Waals surface area contributed by atoms with E-state index in [0.717, 1.165) is 43.7 Å². The minimum absolute atomic E-state index is 0.0213. The summed E-state index contributed by atoms with van der Waals surface area (Å²) in [5, 5.41) is 3.29. The second-order valence-corrected chi connectivity index (χ2v) is 7.71. The van der Waals surface area contributed by atoms with Gasteiger partial charge in [-0.15, -0.1) is 0 Å². The van der Waals surface area contributed by atoms with E-state index in [0.29, 0.717) is 4.51 Å². The molecule has 0 spiro atoms. The first-order valence-corrected chi connectivity index (χ1v) is 11.7. The number of hydrogen-bond donors (Lipinski definition) is 2. The largest absolute Gasteiger partial charge is 0.382 e. The van der Waals surface area contributed by atoms with E-state index in [4.69, 9.17) is 12.2 Å². The van der Waals surface area contributed by atoms with Crippen LogP contribution in [0.25, 0.3) is 0 Å². The van der Waals surface area contributed by atoms with E-state index in [2.05, 4.69) is 71.4 Å². The molecule has 1 aromatic rings. The molecule has 27 heavy (non-hydrogen) atoms. The van der Waals surface area contributed by atoms with Crippen molar-refractivity contribution in [2.24, 2.45) is 0 Å². The van der Waals surface area contributed by atoms with Crippen molar-refractivity contribution in [1.29, 1.82) is 0 Å². The number of unbranched alkanes of at least 4 members (excludes halogenated alkanes) is 1. The number of rotatable bonds is 8. The lowest BCUT2D eigenvalue weighted by molar-refractivity contribution is 0.328. The van der Waals surface area contributed by atoms with Crippen LogP contribution in [0.2, 0.25) is 0 Å². The molecule has 0 aromatic heterocycles. The van der Waals surface area contributed by atoms with E-state index in [9.17, 15) is 4.79 Å². The number of thiol groups is 1. The molecule has 0 radical (unpaired) electrons. The predicted octanol–water partition coefficient (Wildman–Crippen LogP) is 6.47. The highest BCUT2D eigenvalue weighted by Gasteiger charge is 2.27. The van der Waals surface area contributed by atoms with E-state index in [1.807, 2.05) is 13.8 Å². The van der Waals surface area contributed by atoms with Crippen LogP contribution in [0.3, 0.4) is 0 Å². The van der Waals surface area contributed by atoms with Crippen LogP contribution >= 0.6 is 24.8 Å². The summed E-state index contributed by atoms with van der Waals surface area (Å²) in [5.74, 6) is 0. The van der Waals surface area contributed by atoms with Crippen molar-refractivity contribution < 1.29 is 0 Å². The Balaban J connectivity index is -0.000000725. The number of nitrogens with one attached hydrogen (secondary N) is 1. The Morgan fingerprint density at radius 2 is 1.52 bits per heavy atom. The van der Waals surface area contributed by atoms with Gasteiger partial charge in [0.05, 0.1) is 10.2 Å². The highest BCUT2D eigenvalue weighted by molar-refractivity contribution is 7.79. The first-order chi connectivity index (χ1) is 12.7. The second kappa shape index (κ2) is 18.9. The van der Waals surface area contributed by atoms with Gasteiger partial charge in [0.2, 0.25) is 5.43 Å². The monoisotopic (exact) mass is 418 g/mol. The van der Waals surface area contributed by atoms with Crippen LogP contribution in [0.4, 0.5) is 5.69 Å². The van der Waals surface area contributed by atoms with Gasteiger partial charge in [0.25, 0.3) is 0 Å². The van der Waals surface area contributed by atoms with Crippen LogP contribution < -0.4 is 10.7 Å². The Kier molecular flexibility index (Phi) is 22.0. The predicted molar refractivity (Wildman–Crippen MR) is 132 cm³/mol. The second-order valence-electron chi connectivity index (χ2n) is 7.30. The van der Waals surface area contributed by atoms with Gasteiger partial charge in [-0.25, -0.2) is 0 Å². The zero-order chi connectivity index (χ0) is 22.0. The summed E-state index contributed by atoms with van der Waals surface area (Å²) in [7, 11) is 2.16. The molecule has 162 valence electrons. The molecule has 1 aromatic carbocycles. The molecule has 5 heteroatoms. The molecule has 1 N–H and O–H groups in total. The molecular weight excluding hydrogens is 372 g/mol. The highest BCUT2D eigenvalue weighted by atomic mass is 32.1. The maximum Gasteiger partial charge on any atom is 0.220 e. The fourth-order valence-electron chi connectivity index (χ4n) is 2.49. The van der Waals surface area contributed by atoms with Gasteiger partial charge in [-0.2, -0.15) is 12.6 Å². The van der Waals surface area contributed by atoms with Crippen molar-refractivity contribution in [3.05, 3.63) is 20.3 Å². The van der Waals surface area contributed by atoms with Gasteiger partial charge in [-0.1, -0.05) is 74.0 Å². The summed E-state index contributed by atoms with van der Waals surface area (Å²) in [6, 6.07) is 0. The van der Waals surface area contributed by atoms with Gasteiger partial charge in [0.1, 0.15) is 0 Å². The SMILES string of the molecule is CC.CCC.CCCN(C)CCCCNc1c(C(C)(C)C)c(=S)c1=O.CS. The highest BCUT2D eigenvalue weighted by Crippen LogP contribution is 2.30. The maximum absolute atomic E-state index is 11.8. The number of hydrogen-bond acceptors (Lipinski definition) is 5. The van der Waals surface area contributed by atoms with Crippen molar-refractivity contribution in [3.8, 4) is 0 Å². The molecule has 0 aliphatic heterocycles. The molecule has 0 atom stereocenters. The molecular formula is C22H46N2OS2. The van der Waals surface area contributed by atoms with Crippen molar-refractivity contribution in [2.75, 3.05) is 38.3 Å². The third kappa shape index (κ3) is 13.4. The van der Waals surface area contributed by atoms with Crippen LogP contribution in [0.5, 0.6) is 0 Å². The molecule has 0 saturated carbocycles. The number of anilines is 1. The fourth-order valence-corrected chi connectivity index (χ4v) is 3.00. The minimum atomic E-state index is -0.0470. The lowest BCUT2D eigenvalue weighted by Gasteiger charge is -2.25. The molecule has 0 amide bonds. The fraction of sp³-hybridized carbons (Fsp3) is 0.818. The number of nitrogens with zero attached hydrogens (tertiary/aromatic N) is 1. The third-order valence-corrected chi connectivity index (χ3v) is 3.92. The van der Waals surface area contributed by atoms with E-state index in [1.165, 1.54) is 12.8 Å². The van der Waals surface area contributed by atoms with Gasteiger partial charge >= 0.3 is 0 Å². The Labute approximate surface area is 180 Å². The van der Waals surface area contributed by atoms with Gasteiger partial charge in [0, 0.05) is 12.1 Å². The Bertz CT molecular complexity index is 515. The Hall–Kier alpha value is -0.390. The van der Waals surface area contributed by atoms with Crippen LogP contribution in [0.1, 0.15) is 86.6 Å². The summed E-state index contributed by atoms with van der Waals surface area (Å²) in [6.45, 7) is 19.9. The van der Waals surface area contributed by atoms with Crippen LogP contribution in [-0.2, 0) is 5.41 Å². The van der Waals surface area contributed by atoms with E-state index < -0.39 is 0 Å². The van der Waals surface area contributed by atoms with Crippen LogP contribution in [0, 0.1) is 4.51 Å². The van der Waals surface area contributed by atoms with E-state index in [1.54, 1.807) is 6.26 Å². The molecule has 0 fully saturated rings. The average Bonchev–Trinajstić information content (AvgIpc) is 2.63. The zero-order valence-corrected chi connectivity index (χ0v) is 21.4. The zero-order valence-electron chi connectivity index (χ0n) is 19.7. The van der Waals surface area contributed by atoms with Gasteiger partial charge < -0.3 is 10.2 Å². The lowest BCUT2D eigenvalue weighted by Crippen LogP contribution is -2.29. The smallest absolute Gasteiger partial charge is 0.220 e.